The summed E-state index contributed by atoms with van der Waals surface area (Å²) in [6, 6.07) is 0. The molecule has 6 heteroatoms. The Hall–Kier alpha value is 0.339. The molecule has 0 aromatic carbocycles. The second kappa shape index (κ2) is 4.55. The van der Waals surface area contributed by atoms with E-state index in [4.69, 9.17) is 9.05 Å². The van der Waals surface area contributed by atoms with Gasteiger partial charge < -0.3 is 0 Å². The minimum absolute atomic E-state index is 0.00630. The summed E-state index contributed by atoms with van der Waals surface area (Å²) in [6.07, 6.45) is -2.45. The predicted octanol–water partition coefficient (Wildman–Crippen LogP) is 2.75. The summed E-state index contributed by atoms with van der Waals surface area (Å²) in [5.41, 5.74) is -0.496. The number of carbonyl (C=O) groups is 1. The maximum absolute atomic E-state index is 11.8. The molecule has 0 spiro atoms. The van der Waals surface area contributed by atoms with E-state index in [0.29, 0.717) is 13.2 Å². The second-order valence-corrected chi connectivity index (χ2v) is 10.4. The Bertz CT molecular complexity index is 332. The van der Waals surface area contributed by atoms with Crippen LogP contribution in [0.1, 0.15) is 34.6 Å². The van der Waals surface area contributed by atoms with Crippen molar-refractivity contribution in [3.63, 3.8) is 0 Å². The van der Waals surface area contributed by atoms with Crippen LogP contribution >= 0.6 is 6.20 Å². The summed E-state index contributed by atoms with van der Waals surface area (Å²) in [5, 5.41) is 0. The van der Waals surface area contributed by atoms with E-state index in [-0.39, 0.29) is 11.3 Å². The molecule has 0 unspecified atom stereocenters. The van der Waals surface area contributed by atoms with E-state index in [2.05, 4.69) is 34.2 Å². The van der Waals surface area contributed by atoms with E-state index in [1.807, 2.05) is 20.8 Å². The van der Waals surface area contributed by atoms with Crippen LogP contribution in [0.25, 0.3) is 0 Å². The van der Waals surface area contributed by atoms with Crippen molar-refractivity contribution in [3.8, 4) is 0 Å². The molecule has 0 radical (unpaired) electrons. The molecule has 1 heterocycles. The molecule has 1 amide bonds. The number of hydrogen-bond donors (Lipinski definition) is 0. The van der Waals surface area contributed by atoms with Gasteiger partial charge in [0.25, 0.3) is 0 Å². The Morgan fingerprint density at radius 3 is 2.12 bits per heavy atom. The van der Waals surface area contributed by atoms with Crippen LogP contribution in [-0.2, 0) is 13.8 Å². The van der Waals surface area contributed by atoms with Gasteiger partial charge in [0.15, 0.2) is 0 Å². The molecule has 0 saturated carbocycles. The topological polar surface area (TPSA) is 47.9 Å². The van der Waals surface area contributed by atoms with Gasteiger partial charge in [-0.15, -0.1) is 0 Å². The fourth-order valence-electron chi connectivity index (χ4n) is 0.911. The molecule has 0 N–H and O–H groups in total. The summed E-state index contributed by atoms with van der Waals surface area (Å²) in [6.45, 7) is 10.7. The zero-order valence-electron chi connectivity index (χ0n) is 10.4. The quantitative estimate of drug-likeness (QED) is 0.510. The number of nitrogens with zero attached hydrogens (tertiary/aromatic N) is 1. The van der Waals surface area contributed by atoms with E-state index >= 15 is 0 Å². The average molecular weight is 311 g/mol. The van der Waals surface area contributed by atoms with Crippen LogP contribution in [0.5, 0.6) is 0 Å². The molecule has 0 aromatic heterocycles. The van der Waals surface area contributed by atoms with Gasteiger partial charge in [-0.1, -0.05) is 0 Å². The summed E-state index contributed by atoms with van der Waals surface area (Å²) < 4.78 is 15.3. The third kappa shape index (κ3) is 3.97. The van der Waals surface area contributed by atoms with Crippen molar-refractivity contribution < 1.29 is 13.8 Å². The molecule has 0 atom stereocenters. The standard InChI is InChI=1S/C10H19NO3PSe/c1-9(2,3)8(12)11-15(16)13-6-10(4,5)7-14-15/h6-7H2,1-5H3/q-1. The van der Waals surface area contributed by atoms with Crippen molar-refractivity contribution in [2.24, 2.45) is 15.6 Å². The summed E-state index contributed by atoms with van der Waals surface area (Å²) >= 11 is 2.81. The molecule has 0 aliphatic carbocycles. The summed E-state index contributed by atoms with van der Waals surface area (Å²) in [5.74, 6) is -0.181. The van der Waals surface area contributed by atoms with Crippen LogP contribution in [-0.4, -0.2) is 34.7 Å². The van der Waals surface area contributed by atoms with E-state index in [1.54, 1.807) is 0 Å². The molecular formula is C10H19NO3PSe-. The number of carbonyl (C=O) groups excluding carboxylic acids is 1. The van der Waals surface area contributed by atoms with Crippen molar-refractivity contribution >= 4 is 27.7 Å². The van der Waals surface area contributed by atoms with Crippen LogP contribution < -0.4 is 0 Å². The SMILES string of the molecule is CC1(C)COP([Se-])(=NC(=O)C(C)(C)C)OC1. The van der Waals surface area contributed by atoms with Crippen LogP contribution in [0.2, 0.25) is 0 Å². The van der Waals surface area contributed by atoms with Gasteiger partial charge in [0.2, 0.25) is 0 Å². The van der Waals surface area contributed by atoms with Gasteiger partial charge in [-0.2, -0.15) is 0 Å². The molecule has 1 aliphatic rings. The number of rotatable bonds is 0. The maximum atomic E-state index is 11.8. The fraction of sp³-hybridized carbons (Fsp3) is 0.900. The van der Waals surface area contributed by atoms with Crippen molar-refractivity contribution in [2.45, 2.75) is 34.6 Å². The Morgan fingerprint density at radius 1 is 1.31 bits per heavy atom. The molecule has 1 aliphatic heterocycles. The zero-order chi connectivity index (χ0) is 12.6. The normalized spacial score (nSPS) is 23.9. The van der Waals surface area contributed by atoms with Crippen LogP contribution in [0.3, 0.4) is 0 Å². The Kier molecular flexibility index (Phi) is 4.09. The van der Waals surface area contributed by atoms with E-state index in [9.17, 15) is 4.79 Å². The Balaban J connectivity index is 2.81. The van der Waals surface area contributed by atoms with Crippen LogP contribution in [0, 0.1) is 10.8 Å². The van der Waals surface area contributed by atoms with E-state index in [1.165, 1.54) is 0 Å². The number of hydrogen-bond acceptors (Lipinski definition) is 3. The summed E-state index contributed by atoms with van der Waals surface area (Å²) in [7, 11) is 0. The first kappa shape index (κ1) is 14.4. The van der Waals surface area contributed by atoms with Gasteiger partial charge in [-0.05, 0) is 0 Å². The fourth-order valence-corrected chi connectivity index (χ4v) is 3.78. The van der Waals surface area contributed by atoms with E-state index in [0.717, 1.165) is 0 Å². The second-order valence-electron chi connectivity index (χ2n) is 5.83. The molecule has 4 nitrogen and oxygen atoms in total. The molecule has 1 fully saturated rings. The molecule has 0 bridgehead atoms. The molecule has 16 heavy (non-hydrogen) atoms. The average Bonchev–Trinajstić information content (AvgIpc) is 2.10. The first-order chi connectivity index (χ1) is 7.04. The molecule has 0 aromatic rings. The van der Waals surface area contributed by atoms with Crippen molar-refractivity contribution in [1.29, 1.82) is 0 Å². The van der Waals surface area contributed by atoms with E-state index < -0.39 is 11.6 Å². The van der Waals surface area contributed by atoms with Gasteiger partial charge in [0.05, 0.1) is 0 Å². The molecular weight excluding hydrogens is 292 g/mol. The third-order valence-corrected chi connectivity index (χ3v) is 5.27. The molecule has 1 saturated heterocycles. The van der Waals surface area contributed by atoms with Crippen LogP contribution in [0.15, 0.2) is 4.74 Å². The first-order valence-corrected chi connectivity index (χ1v) is 9.00. The zero-order valence-corrected chi connectivity index (χ0v) is 13.0. The van der Waals surface area contributed by atoms with Gasteiger partial charge in [0, 0.05) is 0 Å². The molecule has 1 rings (SSSR count). The van der Waals surface area contributed by atoms with Crippen molar-refractivity contribution in [3.05, 3.63) is 0 Å². The number of amides is 1. The van der Waals surface area contributed by atoms with Gasteiger partial charge in [0.1, 0.15) is 0 Å². The third-order valence-electron chi connectivity index (χ3n) is 2.09. The van der Waals surface area contributed by atoms with Gasteiger partial charge in [-0.3, -0.25) is 0 Å². The van der Waals surface area contributed by atoms with Crippen LogP contribution in [0.4, 0.5) is 0 Å². The van der Waals surface area contributed by atoms with Crippen molar-refractivity contribution in [2.75, 3.05) is 13.2 Å². The summed E-state index contributed by atoms with van der Waals surface area (Å²) in [4.78, 5) is 11.8. The molecule has 94 valence electrons. The Morgan fingerprint density at radius 2 is 1.75 bits per heavy atom. The van der Waals surface area contributed by atoms with Crippen molar-refractivity contribution in [1.82, 2.24) is 0 Å². The Labute approximate surface area is 105 Å². The minimum atomic E-state index is -2.45. The first-order valence-electron chi connectivity index (χ1n) is 5.21. The van der Waals surface area contributed by atoms with Gasteiger partial charge >= 0.3 is 105 Å². The van der Waals surface area contributed by atoms with Gasteiger partial charge in [-0.25, -0.2) is 0 Å². The predicted molar refractivity (Wildman–Crippen MR) is 65.2 cm³/mol. The monoisotopic (exact) mass is 312 g/mol.